The van der Waals surface area contributed by atoms with E-state index in [1.807, 2.05) is 48.5 Å². The first kappa shape index (κ1) is 22.9. The number of hydrogen-bond donors (Lipinski definition) is 2. The number of aromatic nitrogens is 1. The Hall–Kier alpha value is -3.80. The van der Waals surface area contributed by atoms with Gasteiger partial charge in [-0.15, -0.1) is 0 Å². The Morgan fingerprint density at radius 1 is 1.06 bits per heavy atom. The Kier molecular flexibility index (Phi) is 8.69. The van der Waals surface area contributed by atoms with Crippen molar-refractivity contribution in [2.24, 2.45) is 0 Å². The second-order valence-corrected chi connectivity index (χ2v) is 7.17. The molecule has 1 aromatic heterocycles. The summed E-state index contributed by atoms with van der Waals surface area (Å²) in [6, 6.07) is 19.3. The van der Waals surface area contributed by atoms with Crippen LogP contribution in [0.1, 0.15) is 24.5 Å². The van der Waals surface area contributed by atoms with Gasteiger partial charge in [0.1, 0.15) is 17.3 Å². The lowest BCUT2D eigenvalue weighted by Crippen LogP contribution is -2.09. The van der Waals surface area contributed by atoms with E-state index in [1.54, 1.807) is 19.4 Å². The van der Waals surface area contributed by atoms with Gasteiger partial charge in [-0.25, -0.2) is 4.98 Å². The smallest absolute Gasteiger partial charge is 0.248 e. The molecule has 0 saturated carbocycles. The fraction of sp³-hybridized carbons (Fsp3) is 0.231. The van der Waals surface area contributed by atoms with Crippen molar-refractivity contribution in [2.75, 3.05) is 30.9 Å². The van der Waals surface area contributed by atoms with Gasteiger partial charge in [-0.05, 0) is 54.8 Å². The highest BCUT2D eigenvalue weighted by Crippen LogP contribution is 2.20. The topological polar surface area (TPSA) is 72.5 Å². The third-order valence-corrected chi connectivity index (χ3v) is 4.70. The first-order valence-corrected chi connectivity index (χ1v) is 10.7. The average molecular weight is 432 g/mol. The van der Waals surface area contributed by atoms with Gasteiger partial charge in [0.15, 0.2) is 0 Å². The Morgan fingerprint density at radius 3 is 2.59 bits per heavy atom. The van der Waals surface area contributed by atoms with Crippen LogP contribution in [-0.2, 0) is 11.2 Å². The quantitative estimate of drug-likeness (QED) is 0.409. The van der Waals surface area contributed by atoms with Crippen molar-refractivity contribution >= 4 is 23.5 Å². The van der Waals surface area contributed by atoms with Crippen LogP contribution in [0.15, 0.2) is 72.9 Å². The maximum absolute atomic E-state index is 12.3. The summed E-state index contributed by atoms with van der Waals surface area (Å²) in [6.07, 6.45) is 6.69. The summed E-state index contributed by atoms with van der Waals surface area (Å²) >= 11 is 0. The highest BCUT2D eigenvalue weighted by molar-refractivity contribution is 6.02. The third-order valence-electron chi connectivity index (χ3n) is 4.70. The monoisotopic (exact) mass is 431 g/mol. The van der Waals surface area contributed by atoms with Crippen molar-refractivity contribution in [3.63, 3.8) is 0 Å². The van der Waals surface area contributed by atoms with Crippen LogP contribution in [0, 0.1) is 0 Å². The highest BCUT2D eigenvalue weighted by atomic mass is 16.5. The zero-order valence-corrected chi connectivity index (χ0v) is 18.5. The molecule has 0 unspecified atom stereocenters. The number of amides is 1. The summed E-state index contributed by atoms with van der Waals surface area (Å²) in [4.78, 5) is 16.6. The van der Waals surface area contributed by atoms with Gasteiger partial charge in [0.25, 0.3) is 0 Å². The maximum Gasteiger partial charge on any atom is 0.248 e. The molecule has 6 nitrogen and oxygen atoms in total. The molecule has 0 aliphatic rings. The lowest BCUT2D eigenvalue weighted by molar-refractivity contribution is -0.111. The van der Waals surface area contributed by atoms with Gasteiger partial charge in [-0.3, -0.25) is 4.79 Å². The van der Waals surface area contributed by atoms with Crippen molar-refractivity contribution < 1.29 is 14.3 Å². The molecule has 1 heterocycles. The molecule has 0 spiro atoms. The van der Waals surface area contributed by atoms with Crippen molar-refractivity contribution in [1.82, 2.24) is 4.98 Å². The van der Waals surface area contributed by atoms with Gasteiger partial charge in [0.05, 0.1) is 25.6 Å². The molecular formula is C26H29N3O3. The maximum atomic E-state index is 12.3. The fourth-order valence-electron chi connectivity index (χ4n) is 3.01. The van der Waals surface area contributed by atoms with Gasteiger partial charge < -0.3 is 20.1 Å². The van der Waals surface area contributed by atoms with Crippen molar-refractivity contribution in [3.8, 4) is 11.5 Å². The number of para-hydroxylation sites is 1. The number of benzene rings is 2. The number of pyridine rings is 1. The van der Waals surface area contributed by atoms with Crippen LogP contribution in [0.4, 0.5) is 11.5 Å². The number of rotatable bonds is 11. The van der Waals surface area contributed by atoms with Gasteiger partial charge in [-0.2, -0.15) is 0 Å². The third kappa shape index (κ3) is 7.16. The molecule has 6 heteroatoms. The van der Waals surface area contributed by atoms with Crippen LogP contribution >= 0.6 is 0 Å². The molecule has 0 saturated heterocycles. The largest absolute Gasteiger partial charge is 0.497 e. The van der Waals surface area contributed by atoms with Crippen LogP contribution < -0.4 is 20.1 Å². The Bertz CT molecular complexity index is 1020. The number of carbonyl (C=O) groups excluding carboxylic acids is 1. The van der Waals surface area contributed by atoms with Gasteiger partial charge in [-0.1, -0.05) is 37.3 Å². The van der Waals surface area contributed by atoms with E-state index in [0.717, 1.165) is 42.3 Å². The van der Waals surface area contributed by atoms with E-state index in [9.17, 15) is 4.79 Å². The van der Waals surface area contributed by atoms with Crippen molar-refractivity contribution in [3.05, 3.63) is 84.1 Å². The predicted molar refractivity (Wildman–Crippen MR) is 129 cm³/mol. The molecule has 32 heavy (non-hydrogen) atoms. The number of nitrogens with one attached hydrogen (secondary N) is 2. The van der Waals surface area contributed by atoms with Crippen molar-refractivity contribution in [2.45, 2.75) is 19.8 Å². The molecule has 1 amide bonds. The number of anilines is 2. The molecule has 0 aliphatic heterocycles. The normalized spacial score (nSPS) is 10.7. The first-order chi connectivity index (χ1) is 15.7. The van der Waals surface area contributed by atoms with Crippen LogP contribution in [0.5, 0.6) is 11.5 Å². The minimum atomic E-state index is -0.225. The lowest BCUT2D eigenvalue weighted by atomic mass is 10.1. The Balaban J connectivity index is 1.47. The van der Waals surface area contributed by atoms with Crippen LogP contribution in [0.2, 0.25) is 0 Å². The summed E-state index contributed by atoms with van der Waals surface area (Å²) < 4.78 is 10.9. The number of nitrogens with zero attached hydrogens (tertiary/aromatic N) is 1. The number of methoxy groups -OCH3 is 1. The standard InChI is InChI=1S/C26H29N3O3/c1-3-18-32-24-7-5-4-6-21(24)10-15-26(30)29-22-11-14-25(28-19-22)27-17-16-20-8-12-23(31-2)13-9-20/h4-15,19H,3,16-18H2,1-2H3,(H,27,28)(H,29,30)/b15-10+. The Labute approximate surface area is 189 Å². The summed E-state index contributed by atoms with van der Waals surface area (Å²) in [6.45, 7) is 3.46. The van der Waals surface area contributed by atoms with E-state index in [0.29, 0.717) is 12.3 Å². The van der Waals surface area contributed by atoms with E-state index in [4.69, 9.17) is 9.47 Å². The number of carbonyl (C=O) groups is 1. The van der Waals surface area contributed by atoms with E-state index >= 15 is 0 Å². The number of ether oxygens (including phenoxy) is 2. The molecule has 0 bridgehead atoms. The molecule has 3 rings (SSSR count). The SMILES string of the molecule is CCCOc1ccccc1/C=C/C(=O)Nc1ccc(NCCc2ccc(OC)cc2)nc1. The first-order valence-electron chi connectivity index (χ1n) is 10.7. The van der Waals surface area contributed by atoms with Crippen LogP contribution in [0.3, 0.4) is 0 Å². The average Bonchev–Trinajstić information content (AvgIpc) is 2.83. The lowest BCUT2D eigenvalue weighted by Gasteiger charge is -2.08. The molecule has 166 valence electrons. The zero-order valence-electron chi connectivity index (χ0n) is 18.5. The van der Waals surface area contributed by atoms with E-state index in [-0.39, 0.29) is 5.91 Å². The van der Waals surface area contributed by atoms with E-state index in [1.165, 1.54) is 11.6 Å². The Morgan fingerprint density at radius 2 is 1.88 bits per heavy atom. The van der Waals surface area contributed by atoms with Crippen molar-refractivity contribution in [1.29, 1.82) is 0 Å². The fourth-order valence-corrected chi connectivity index (χ4v) is 3.01. The molecule has 2 N–H and O–H groups in total. The minimum Gasteiger partial charge on any atom is -0.497 e. The van der Waals surface area contributed by atoms with Gasteiger partial charge in [0, 0.05) is 18.2 Å². The van der Waals surface area contributed by atoms with Crippen LogP contribution in [-0.4, -0.2) is 31.2 Å². The minimum absolute atomic E-state index is 0.225. The van der Waals surface area contributed by atoms with E-state index < -0.39 is 0 Å². The highest BCUT2D eigenvalue weighted by Gasteiger charge is 2.03. The summed E-state index contributed by atoms with van der Waals surface area (Å²) in [5.41, 5.74) is 2.72. The molecule has 0 atom stereocenters. The summed E-state index contributed by atoms with van der Waals surface area (Å²) in [7, 11) is 1.66. The van der Waals surface area contributed by atoms with Gasteiger partial charge >= 0.3 is 0 Å². The molecule has 0 fully saturated rings. The predicted octanol–water partition coefficient (Wildman–Crippen LogP) is 5.19. The summed E-state index contributed by atoms with van der Waals surface area (Å²) in [5.74, 6) is 2.15. The second-order valence-electron chi connectivity index (χ2n) is 7.17. The molecule has 2 aromatic carbocycles. The summed E-state index contributed by atoms with van der Waals surface area (Å²) in [5, 5.41) is 6.12. The number of hydrogen-bond acceptors (Lipinski definition) is 5. The zero-order chi connectivity index (χ0) is 22.6. The molecular weight excluding hydrogens is 402 g/mol. The second kappa shape index (κ2) is 12.2. The van der Waals surface area contributed by atoms with E-state index in [2.05, 4.69) is 34.7 Å². The molecule has 0 radical (unpaired) electrons. The van der Waals surface area contributed by atoms with Gasteiger partial charge in [0.2, 0.25) is 5.91 Å². The molecule has 0 aliphatic carbocycles. The molecule has 3 aromatic rings. The van der Waals surface area contributed by atoms with Crippen LogP contribution in [0.25, 0.3) is 6.08 Å².